The van der Waals surface area contributed by atoms with Gasteiger partial charge in [0.2, 0.25) is 6.79 Å². The van der Waals surface area contributed by atoms with Gasteiger partial charge < -0.3 is 14.2 Å². The first-order chi connectivity index (χ1) is 14.2. The first kappa shape index (κ1) is 17.3. The van der Waals surface area contributed by atoms with Gasteiger partial charge in [-0.2, -0.15) is 0 Å². The highest BCUT2D eigenvalue weighted by atomic mass is 16.7. The van der Waals surface area contributed by atoms with Crippen molar-refractivity contribution in [3.8, 4) is 28.5 Å². The van der Waals surface area contributed by atoms with Gasteiger partial charge in [0.1, 0.15) is 5.75 Å². The highest BCUT2D eigenvalue weighted by Gasteiger charge is 2.18. The first-order valence-electron chi connectivity index (χ1n) is 9.26. The number of carbonyl (C=O) groups is 1. The number of nitrogens with zero attached hydrogens (tertiary/aromatic N) is 1. The third-order valence-electron chi connectivity index (χ3n) is 4.84. The Labute approximate surface area is 167 Å². The average molecular weight is 383 g/mol. The molecule has 0 fully saturated rings. The zero-order chi connectivity index (χ0) is 19.8. The Hall–Kier alpha value is -3.86. The summed E-state index contributed by atoms with van der Waals surface area (Å²) in [5.41, 5.74) is 4.03. The summed E-state index contributed by atoms with van der Waals surface area (Å²) >= 11 is 0. The number of hydrogen-bond donors (Lipinski definition) is 0. The molecule has 5 nitrogen and oxygen atoms in total. The van der Waals surface area contributed by atoms with E-state index in [0.717, 1.165) is 27.7 Å². The van der Waals surface area contributed by atoms with E-state index >= 15 is 0 Å². The summed E-state index contributed by atoms with van der Waals surface area (Å²) in [7, 11) is 0. The molecule has 5 heteroatoms. The van der Waals surface area contributed by atoms with Gasteiger partial charge >= 0.3 is 5.97 Å². The molecule has 0 saturated carbocycles. The summed E-state index contributed by atoms with van der Waals surface area (Å²) in [6.07, 6.45) is 0. The number of fused-ring (bicyclic) bond motifs is 2. The molecule has 0 amide bonds. The highest BCUT2D eigenvalue weighted by Crippen LogP contribution is 2.35. The number of aromatic nitrogens is 1. The molecule has 3 aromatic carbocycles. The Morgan fingerprint density at radius 1 is 0.931 bits per heavy atom. The number of hydrogen-bond acceptors (Lipinski definition) is 5. The fourth-order valence-electron chi connectivity index (χ4n) is 3.32. The van der Waals surface area contributed by atoms with Crippen LogP contribution in [0.5, 0.6) is 17.2 Å². The second-order valence-corrected chi connectivity index (χ2v) is 6.84. The van der Waals surface area contributed by atoms with Crippen LogP contribution in [0.1, 0.15) is 15.9 Å². The van der Waals surface area contributed by atoms with Gasteiger partial charge in [-0.3, -0.25) is 0 Å². The quantitative estimate of drug-likeness (QED) is 0.361. The minimum absolute atomic E-state index is 0.168. The largest absolute Gasteiger partial charge is 0.454 e. The fraction of sp³-hybridized carbons (Fsp3) is 0.0833. The molecule has 0 radical (unpaired) electrons. The van der Waals surface area contributed by atoms with E-state index in [1.165, 1.54) is 0 Å². The lowest BCUT2D eigenvalue weighted by atomic mass is 10.0. The molecule has 1 aliphatic heterocycles. The number of benzene rings is 3. The summed E-state index contributed by atoms with van der Waals surface area (Å²) in [5, 5.41) is 0.745. The summed E-state index contributed by atoms with van der Waals surface area (Å²) in [6, 6.07) is 22.5. The van der Waals surface area contributed by atoms with E-state index in [0.29, 0.717) is 22.8 Å². The topological polar surface area (TPSA) is 57.7 Å². The van der Waals surface area contributed by atoms with Crippen LogP contribution in [-0.4, -0.2) is 17.7 Å². The Balaban J connectivity index is 1.55. The maximum atomic E-state index is 13.0. The van der Waals surface area contributed by atoms with Gasteiger partial charge in [-0.05, 0) is 31.2 Å². The monoisotopic (exact) mass is 383 g/mol. The standard InChI is InChI=1S/C24H17NO4/c1-15-6-8-16(9-7-15)21-13-19(18-4-2-3-5-20(18)25-21)24(26)29-17-10-11-22-23(12-17)28-14-27-22/h2-13H,14H2,1H3. The van der Waals surface area contributed by atoms with E-state index in [1.54, 1.807) is 24.3 Å². The predicted molar refractivity (Wildman–Crippen MR) is 109 cm³/mol. The van der Waals surface area contributed by atoms with Crippen molar-refractivity contribution < 1.29 is 19.0 Å². The van der Waals surface area contributed by atoms with E-state index in [-0.39, 0.29) is 6.79 Å². The van der Waals surface area contributed by atoms with Crippen molar-refractivity contribution in [3.05, 3.63) is 83.9 Å². The van der Waals surface area contributed by atoms with E-state index in [9.17, 15) is 4.79 Å². The molecule has 0 spiro atoms. The van der Waals surface area contributed by atoms with Crippen LogP contribution in [-0.2, 0) is 0 Å². The normalized spacial score (nSPS) is 12.2. The molecule has 0 bridgehead atoms. The number of carbonyl (C=O) groups excluding carboxylic acids is 1. The molecule has 5 rings (SSSR count). The SMILES string of the molecule is Cc1ccc(-c2cc(C(=O)Oc3ccc4c(c3)OCO4)c3ccccc3n2)cc1. The first-order valence-corrected chi connectivity index (χ1v) is 9.26. The molecule has 1 aromatic heterocycles. The van der Waals surface area contributed by atoms with Gasteiger partial charge in [0, 0.05) is 17.0 Å². The third kappa shape index (κ3) is 3.27. The third-order valence-corrected chi connectivity index (χ3v) is 4.84. The second-order valence-electron chi connectivity index (χ2n) is 6.84. The molecule has 4 aromatic rings. The highest BCUT2D eigenvalue weighted by molar-refractivity contribution is 6.05. The zero-order valence-corrected chi connectivity index (χ0v) is 15.7. The molecular weight excluding hydrogens is 366 g/mol. The maximum Gasteiger partial charge on any atom is 0.344 e. The number of pyridine rings is 1. The number of aryl methyl sites for hydroxylation is 1. The van der Waals surface area contributed by atoms with Gasteiger partial charge in [-0.15, -0.1) is 0 Å². The van der Waals surface area contributed by atoms with Crippen LogP contribution in [0.15, 0.2) is 72.8 Å². The smallest absolute Gasteiger partial charge is 0.344 e. The Morgan fingerprint density at radius 2 is 1.72 bits per heavy atom. The van der Waals surface area contributed by atoms with Crippen LogP contribution >= 0.6 is 0 Å². The Kier molecular flexibility index (Phi) is 4.13. The van der Waals surface area contributed by atoms with E-state index in [1.807, 2.05) is 55.5 Å². The van der Waals surface area contributed by atoms with Crippen molar-refractivity contribution in [2.45, 2.75) is 6.92 Å². The van der Waals surface area contributed by atoms with Gasteiger partial charge in [0.15, 0.2) is 11.5 Å². The van der Waals surface area contributed by atoms with E-state index in [2.05, 4.69) is 0 Å². The van der Waals surface area contributed by atoms with Gasteiger partial charge in [-0.25, -0.2) is 9.78 Å². The summed E-state index contributed by atoms with van der Waals surface area (Å²) < 4.78 is 16.3. The van der Waals surface area contributed by atoms with Crippen molar-refractivity contribution in [3.63, 3.8) is 0 Å². The van der Waals surface area contributed by atoms with Gasteiger partial charge in [-0.1, -0.05) is 48.0 Å². The van der Waals surface area contributed by atoms with Crippen LogP contribution in [0.25, 0.3) is 22.2 Å². The lowest BCUT2D eigenvalue weighted by Gasteiger charge is -2.10. The van der Waals surface area contributed by atoms with Crippen molar-refractivity contribution >= 4 is 16.9 Å². The zero-order valence-electron chi connectivity index (χ0n) is 15.7. The Bertz CT molecular complexity index is 1230. The van der Waals surface area contributed by atoms with Crippen LogP contribution in [0.2, 0.25) is 0 Å². The van der Waals surface area contributed by atoms with Crippen molar-refractivity contribution in [2.24, 2.45) is 0 Å². The van der Waals surface area contributed by atoms with Gasteiger partial charge in [0.25, 0.3) is 0 Å². The van der Waals surface area contributed by atoms with Crippen molar-refractivity contribution in [1.29, 1.82) is 0 Å². The van der Waals surface area contributed by atoms with E-state index < -0.39 is 5.97 Å². The lowest BCUT2D eigenvalue weighted by Crippen LogP contribution is -2.10. The minimum Gasteiger partial charge on any atom is -0.454 e. The van der Waals surface area contributed by atoms with Crippen LogP contribution in [0.3, 0.4) is 0 Å². The molecule has 0 N–H and O–H groups in total. The Morgan fingerprint density at radius 3 is 2.59 bits per heavy atom. The maximum absolute atomic E-state index is 13.0. The summed E-state index contributed by atoms with van der Waals surface area (Å²) in [6.45, 7) is 2.20. The van der Waals surface area contributed by atoms with Crippen LogP contribution < -0.4 is 14.2 Å². The molecule has 0 aliphatic carbocycles. The number of ether oxygens (including phenoxy) is 3. The molecule has 2 heterocycles. The molecular formula is C24H17NO4. The van der Waals surface area contributed by atoms with Crippen LogP contribution in [0.4, 0.5) is 0 Å². The summed E-state index contributed by atoms with van der Waals surface area (Å²) in [4.78, 5) is 17.8. The van der Waals surface area contributed by atoms with Crippen molar-refractivity contribution in [1.82, 2.24) is 4.98 Å². The fourth-order valence-corrected chi connectivity index (χ4v) is 3.32. The molecule has 142 valence electrons. The lowest BCUT2D eigenvalue weighted by molar-refractivity contribution is 0.0736. The molecule has 29 heavy (non-hydrogen) atoms. The number of para-hydroxylation sites is 1. The molecule has 0 unspecified atom stereocenters. The number of rotatable bonds is 3. The predicted octanol–water partition coefficient (Wildman–Crippen LogP) is 5.16. The van der Waals surface area contributed by atoms with Gasteiger partial charge in [0.05, 0.1) is 16.8 Å². The van der Waals surface area contributed by atoms with Crippen LogP contribution in [0, 0.1) is 6.92 Å². The van der Waals surface area contributed by atoms with Crippen molar-refractivity contribution in [2.75, 3.05) is 6.79 Å². The summed E-state index contributed by atoms with van der Waals surface area (Å²) in [5.74, 6) is 1.16. The molecule has 0 saturated heterocycles. The minimum atomic E-state index is -0.448. The average Bonchev–Trinajstić information content (AvgIpc) is 3.21. The second kappa shape index (κ2) is 6.95. The molecule has 0 atom stereocenters. The number of esters is 1. The molecule has 1 aliphatic rings. The van der Waals surface area contributed by atoms with E-state index in [4.69, 9.17) is 19.2 Å².